The number of carboxylic acids is 2. The summed E-state index contributed by atoms with van der Waals surface area (Å²) in [7, 11) is 0. The zero-order chi connectivity index (χ0) is 20.6. The molecule has 0 radical (unpaired) electrons. The quantitative estimate of drug-likeness (QED) is 0.355. The predicted molar refractivity (Wildman–Crippen MR) is 103 cm³/mol. The topological polar surface area (TPSA) is 125 Å². The average molecular weight is 391 g/mol. The van der Waals surface area contributed by atoms with Crippen molar-refractivity contribution in [2.45, 2.75) is 0 Å². The summed E-state index contributed by atoms with van der Waals surface area (Å²) in [4.78, 5) is 18.2. The Kier molecular flexibility index (Phi) is 11.7. The number of benzene rings is 2. The second-order valence-electron chi connectivity index (χ2n) is 5.41. The number of aliphatic carboxylic acids is 2. The van der Waals surface area contributed by atoms with Crippen LogP contribution in [0, 0.1) is 0 Å². The van der Waals surface area contributed by atoms with E-state index in [0.717, 1.165) is 23.4 Å². The highest BCUT2D eigenvalue weighted by Crippen LogP contribution is 2.29. The fraction of sp³-hybridized carbons (Fsp3) is 0.300. The van der Waals surface area contributed by atoms with Crippen molar-refractivity contribution in [3.8, 4) is 16.9 Å². The Hall–Kier alpha value is -2.94. The molecule has 0 saturated heterocycles. The van der Waals surface area contributed by atoms with Crippen LogP contribution in [0.2, 0.25) is 0 Å². The smallest absolute Gasteiger partial charge is 0.414 e. The van der Waals surface area contributed by atoms with Crippen molar-refractivity contribution in [1.29, 1.82) is 0 Å². The van der Waals surface area contributed by atoms with Crippen molar-refractivity contribution in [1.82, 2.24) is 5.32 Å². The maximum absolute atomic E-state index is 9.10. The highest BCUT2D eigenvalue weighted by Gasteiger charge is 2.05. The van der Waals surface area contributed by atoms with E-state index < -0.39 is 11.9 Å². The van der Waals surface area contributed by atoms with Crippen molar-refractivity contribution in [3.05, 3.63) is 54.6 Å². The molecule has 0 atom stereocenters. The van der Waals surface area contributed by atoms with Crippen LogP contribution in [-0.2, 0) is 14.3 Å². The molecular formula is C20H25NO7. The molecule has 0 aliphatic carbocycles. The monoisotopic (exact) mass is 391 g/mol. The first-order chi connectivity index (χ1) is 13.6. The lowest BCUT2D eigenvalue weighted by Crippen LogP contribution is -2.23. The van der Waals surface area contributed by atoms with Gasteiger partial charge in [0.1, 0.15) is 12.4 Å². The fourth-order valence-corrected chi connectivity index (χ4v) is 2.11. The number of carbonyl (C=O) groups is 2. The Morgan fingerprint density at radius 1 is 0.821 bits per heavy atom. The van der Waals surface area contributed by atoms with Crippen LogP contribution in [0.4, 0.5) is 0 Å². The van der Waals surface area contributed by atoms with Gasteiger partial charge in [0.05, 0.1) is 19.8 Å². The van der Waals surface area contributed by atoms with E-state index in [4.69, 9.17) is 34.4 Å². The largest absolute Gasteiger partial charge is 0.491 e. The third-order valence-electron chi connectivity index (χ3n) is 3.35. The van der Waals surface area contributed by atoms with E-state index in [1.54, 1.807) is 0 Å². The van der Waals surface area contributed by atoms with Gasteiger partial charge in [0.15, 0.2) is 0 Å². The van der Waals surface area contributed by atoms with Crippen LogP contribution in [0.5, 0.6) is 5.75 Å². The highest BCUT2D eigenvalue weighted by atomic mass is 16.5. The number of nitrogens with one attached hydrogen (secondary N) is 1. The Balaban J connectivity index is 0.000000568. The molecule has 8 heteroatoms. The average Bonchev–Trinajstić information content (AvgIpc) is 2.71. The van der Waals surface area contributed by atoms with Crippen LogP contribution in [0.25, 0.3) is 11.1 Å². The molecule has 2 rings (SSSR count). The van der Waals surface area contributed by atoms with Gasteiger partial charge in [-0.2, -0.15) is 0 Å². The first-order valence-corrected chi connectivity index (χ1v) is 8.69. The van der Waals surface area contributed by atoms with Crippen molar-refractivity contribution in [3.63, 3.8) is 0 Å². The van der Waals surface area contributed by atoms with Gasteiger partial charge in [0, 0.05) is 18.7 Å². The van der Waals surface area contributed by atoms with Crippen molar-refractivity contribution in [2.75, 3.05) is 39.5 Å². The van der Waals surface area contributed by atoms with E-state index in [1.807, 2.05) is 36.4 Å². The summed E-state index contributed by atoms with van der Waals surface area (Å²) < 4.78 is 11.3. The highest BCUT2D eigenvalue weighted by molar-refractivity contribution is 6.27. The van der Waals surface area contributed by atoms with E-state index in [1.165, 1.54) is 0 Å². The maximum atomic E-state index is 9.10. The predicted octanol–water partition coefficient (Wildman–Crippen LogP) is 1.49. The third kappa shape index (κ3) is 9.67. The number of hydrogen-bond donors (Lipinski definition) is 4. The number of aliphatic hydroxyl groups excluding tert-OH is 1. The lowest BCUT2D eigenvalue weighted by atomic mass is 10.1. The van der Waals surface area contributed by atoms with Crippen molar-refractivity contribution in [2.24, 2.45) is 0 Å². The number of hydrogen-bond acceptors (Lipinski definition) is 6. The molecule has 0 amide bonds. The lowest BCUT2D eigenvalue weighted by molar-refractivity contribution is -0.159. The summed E-state index contributed by atoms with van der Waals surface area (Å²) in [6, 6.07) is 18.2. The molecule has 0 spiro atoms. The number of rotatable bonds is 10. The molecule has 4 N–H and O–H groups in total. The molecule has 0 bridgehead atoms. The Bertz CT molecular complexity index is 695. The van der Waals surface area contributed by atoms with Crippen LogP contribution < -0.4 is 10.1 Å². The van der Waals surface area contributed by atoms with Gasteiger partial charge in [0.25, 0.3) is 0 Å². The van der Waals surface area contributed by atoms with E-state index in [9.17, 15) is 0 Å². The number of para-hydroxylation sites is 1. The van der Waals surface area contributed by atoms with Crippen molar-refractivity contribution < 1.29 is 34.4 Å². The number of ether oxygens (including phenoxy) is 2. The van der Waals surface area contributed by atoms with Crippen LogP contribution in [-0.4, -0.2) is 66.8 Å². The zero-order valence-corrected chi connectivity index (χ0v) is 15.4. The Labute approximate surface area is 163 Å². The summed E-state index contributed by atoms with van der Waals surface area (Å²) in [5.41, 5.74) is 2.24. The summed E-state index contributed by atoms with van der Waals surface area (Å²) in [5, 5.41) is 26.5. The van der Waals surface area contributed by atoms with Gasteiger partial charge >= 0.3 is 11.9 Å². The van der Waals surface area contributed by atoms with Gasteiger partial charge in [-0.3, -0.25) is 0 Å². The standard InChI is InChI=1S/C18H23NO3.C2H2O4/c20-12-10-19-11-13-21-14-15-22-18-9-5-4-8-17(18)16-6-2-1-3-7-16;3-1(4)2(5)6/h1-9,19-20H,10-15H2;(H,3,4)(H,5,6). The van der Waals surface area contributed by atoms with E-state index in [-0.39, 0.29) is 6.61 Å². The van der Waals surface area contributed by atoms with E-state index in [0.29, 0.717) is 26.4 Å². The molecule has 2 aromatic carbocycles. The second kappa shape index (κ2) is 14.2. The zero-order valence-electron chi connectivity index (χ0n) is 15.4. The number of aliphatic hydroxyl groups is 1. The SMILES string of the molecule is O=C(O)C(=O)O.OCCNCCOCCOc1ccccc1-c1ccccc1. The Morgan fingerprint density at radius 3 is 2.11 bits per heavy atom. The maximum Gasteiger partial charge on any atom is 0.414 e. The molecule has 152 valence electrons. The molecule has 0 fully saturated rings. The second-order valence-corrected chi connectivity index (χ2v) is 5.41. The first kappa shape index (κ1) is 23.1. The van der Waals surface area contributed by atoms with Crippen LogP contribution in [0.1, 0.15) is 0 Å². The summed E-state index contributed by atoms with van der Waals surface area (Å²) in [5.74, 6) is -2.78. The molecule has 0 heterocycles. The fourth-order valence-electron chi connectivity index (χ4n) is 2.11. The minimum atomic E-state index is -1.82. The van der Waals surface area contributed by atoms with Gasteiger partial charge < -0.3 is 30.1 Å². The molecule has 0 unspecified atom stereocenters. The van der Waals surface area contributed by atoms with Gasteiger partial charge in [-0.15, -0.1) is 0 Å². The molecule has 2 aromatic rings. The molecule has 28 heavy (non-hydrogen) atoms. The normalized spacial score (nSPS) is 9.89. The van der Waals surface area contributed by atoms with Crippen LogP contribution >= 0.6 is 0 Å². The minimum Gasteiger partial charge on any atom is -0.491 e. The summed E-state index contributed by atoms with van der Waals surface area (Å²) >= 11 is 0. The first-order valence-electron chi connectivity index (χ1n) is 8.69. The van der Waals surface area contributed by atoms with Gasteiger partial charge in [0.2, 0.25) is 0 Å². The molecule has 0 aromatic heterocycles. The molecule has 0 aliphatic rings. The van der Waals surface area contributed by atoms with Crippen LogP contribution in [0.3, 0.4) is 0 Å². The lowest BCUT2D eigenvalue weighted by Gasteiger charge is -2.12. The molecule has 0 saturated carbocycles. The van der Waals surface area contributed by atoms with E-state index >= 15 is 0 Å². The molecule has 8 nitrogen and oxygen atoms in total. The Morgan fingerprint density at radius 2 is 1.46 bits per heavy atom. The van der Waals surface area contributed by atoms with Gasteiger partial charge in [-0.05, 0) is 11.6 Å². The summed E-state index contributed by atoms with van der Waals surface area (Å²) in [6.07, 6.45) is 0. The molecular weight excluding hydrogens is 366 g/mol. The van der Waals surface area contributed by atoms with E-state index in [2.05, 4.69) is 23.5 Å². The van der Waals surface area contributed by atoms with Gasteiger partial charge in [-0.25, -0.2) is 9.59 Å². The van der Waals surface area contributed by atoms with Crippen LogP contribution in [0.15, 0.2) is 54.6 Å². The molecule has 0 aliphatic heterocycles. The number of carboxylic acid groups (broad SMARTS) is 2. The minimum absolute atomic E-state index is 0.152. The van der Waals surface area contributed by atoms with Crippen molar-refractivity contribution >= 4 is 11.9 Å². The van der Waals surface area contributed by atoms with Gasteiger partial charge in [-0.1, -0.05) is 48.5 Å². The summed E-state index contributed by atoms with van der Waals surface area (Å²) in [6.45, 7) is 3.17. The third-order valence-corrected chi connectivity index (χ3v) is 3.35.